The van der Waals surface area contributed by atoms with Crippen molar-refractivity contribution in [3.8, 4) is 0 Å². The number of aryl methyl sites for hydroxylation is 1. The molecule has 1 aliphatic carbocycles. The normalized spacial score (nSPS) is 24.9. The maximum Gasteiger partial charge on any atom is 0.0876 e. The van der Waals surface area contributed by atoms with Crippen LogP contribution in [0.4, 0.5) is 0 Å². The highest BCUT2D eigenvalue weighted by atomic mass is 32.1. The minimum atomic E-state index is 0.457. The summed E-state index contributed by atoms with van der Waals surface area (Å²) in [6.07, 6.45) is 8.24. The molecule has 0 spiro atoms. The molecule has 0 saturated carbocycles. The fourth-order valence-corrected chi connectivity index (χ4v) is 4.32. The van der Waals surface area contributed by atoms with Crippen LogP contribution in [0.2, 0.25) is 0 Å². The number of likely N-dealkylation sites (N-methyl/N-ethyl adjacent to an activating group) is 1. The van der Waals surface area contributed by atoms with Crippen molar-refractivity contribution >= 4 is 11.3 Å². The zero-order chi connectivity index (χ0) is 12.4. The molecule has 2 unspecified atom stereocenters. The topological polar surface area (TPSA) is 21.3 Å². The van der Waals surface area contributed by atoms with Crippen LogP contribution in [0, 0.1) is 0 Å². The summed E-state index contributed by atoms with van der Waals surface area (Å²) >= 11 is 1.93. The van der Waals surface area contributed by atoms with Gasteiger partial charge in [-0.25, -0.2) is 0 Å². The van der Waals surface area contributed by atoms with Gasteiger partial charge >= 0.3 is 0 Å². The van der Waals surface area contributed by atoms with E-state index in [2.05, 4.69) is 23.8 Å². The fourth-order valence-electron chi connectivity index (χ4n) is 3.33. The lowest BCUT2D eigenvalue weighted by Gasteiger charge is -2.33. The molecule has 2 heterocycles. The second-order valence-corrected chi connectivity index (χ2v) is 6.23. The first-order chi connectivity index (χ1) is 8.90. The first kappa shape index (κ1) is 12.2. The maximum absolute atomic E-state index is 5.53. The first-order valence-electron chi connectivity index (χ1n) is 6.94. The van der Waals surface area contributed by atoms with Crippen molar-refractivity contribution < 1.29 is 4.74 Å². The van der Waals surface area contributed by atoms with Crippen molar-refractivity contribution in [3.63, 3.8) is 0 Å². The smallest absolute Gasteiger partial charge is 0.0876 e. The Morgan fingerprint density at radius 3 is 3.11 bits per heavy atom. The Hall–Kier alpha value is -0.800. The molecule has 0 fully saturated rings. The van der Waals surface area contributed by atoms with Gasteiger partial charge in [-0.15, -0.1) is 11.3 Å². The van der Waals surface area contributed by atoms with Gasteiger partial charge in [0.25, 0.3) is 0 Å². The van der Waals surface area contributed by atoms with Crippen LogP contribution in [0.3, 0.4) is 0 Å². The molecule has 0 radical (unpaired) electrons. The summed E-state index contributed by atoms with van der Waals surface area (Å²) in [6.45, 7) is 0.883. The zero-order valence-corrected chi connectivity index (χ0v) is 11.8. The minimum absolute atomic E-state index is 0.457. The molecule has 3 heteroatoms. The van der Waals surface area contributed by atoms with Crippen LogP contribution in [-0.2, 0) is 11.2 Å². The Morgan fingerprint density at radius 1 is 1.39 bits per heavy atom. The van der Waals surface area contributed by atoms with Gasteiger partial charge in [0.2, 0.25) is 0 Å². The molecule has 18 heavy (non-hydrogen) atoms. The van der Waals surface area contributed by atoms with Gasteiger partial charge in [0.1, 0.15) is 0 Å². The Labute approximate surface area is 113 Å². The standard InChI is InChI=1S/C15H21NOS/c1-16-15(11-4-3-8-17-10-11)13-5-2-6-14-12(13)7-9-18-14/h7,9-10,13,15-16H,2-6,8H2,1H3. The monoisotopic (exact) mass is 263 g/mol. The Bertz CT molecular complexity index is 437. The van der Waals surface area contributed by atoms with Gasteiger partial charge in [0.15, 0.2) is 0 Å². The highest BCUT2D eigenvalue weighted by Crippen LogP contribution is 2.39. The Balaban J connectivity index is 1.87. The predicted octanol–water partition coefficient (Wildman–Crippen LogP) is 3.45. The molecule has 1 N–H and O–H groups in total. The quantitative estimate of drug-likeness (QED) is 0.902. The molecular weight excluding hydrogens is 242 g/mol. The summed E-state index contributed by atoms with van der Waals surface area (Å²) in [4.78, 5) is 1.60. The van der Waals surface area contributed by atoms with Gasteiger partial charge in [-0.2, -0.15) is 0 Å². The average Bonchev–Trinajstić information content (AvgIpc) is 2.90. The van der Waals surface area contributed by atoms with Gasteiger partial charge in [-0.3, -0.25) is 0 Å². The molecule has 3 rings (SSSR count). The molecule has 0 aromatic carbocycles. The van der Waals surface area contributed by atoms with Gasteiger partial charge < -0.3 is 10.1 Å². The number of nitrogens with one attached hydrogen (secondary N) is 1. The zero-order valence-electron chi connectivity index (χ0n) is 10.9. The SMILES string of the molecule is CNC(C1=COCCC1)C1CCCc2sccc21. The van der Waals surface area contributed by atoms with Gasteiger partial charge in [0, 0.05) is 16.8 Å². The maximum atomic E-state index is 5.53. The molecule has 1 aliphatic heterocycles. The van der Waals surface area contributed by atoms with E-state index in [4.69, 9.17) is 4.74 Å². The molecule has 2 aliphatic rings. The van der Waals surface area contributed by atoms with Crippen molar-refractivity contribution in [2.75, 3.05) is 13.7 Å². The molecular formula is C15H21NOS. The van der Waals surface area contributed by atoms with Crippen LogP contribution in [0.15, 0.2) is 23.3 Å². The summed E-state index contributed by atoms with van der Waals surface area (Å²) in [7, 11) is 2.08. The summed E-state index contributed by atoms with van der Waals surface area (Å²) in [5, 5.41) is 5.78. The van der Waals surface area contributed by atoms with E-state index in [9.17, 15) is 0 Å². The Morgan fingerprint density at radius 2 is 2.33 bits per heavy atom. The molecule has 0 amide bonds. The molecule has 1 aromatic rings. The lowest BCUT2D eigenvalue weighted by Crippen LogP contribution is -2.36. The van der Waals surface area contributed by atoms with E-state index >= 15 is 0 Å². The summed E-state index contributed by atoms with van der Waals surface area (Å²) in [6, 6.07) is 2.79. The van der Waals surface area contributed by atoms with Crippen LogP contribution < -0.4 is 5.32 Å². The third-order valence-corrected chi connectivity index (χ3v) is 5.17. The third kappa shape index (κ3) is 2.21. The average molecular weight is 263 g/mol. The molecule has 98 valence electrons. The summed E-state index contributed by atoms with van der Waals surface area (Å²) < 4.78 is 5.53. The van der Waals surface area contributed by atoms with Crippen molar-refractivity contribution in [2.24, 2.45) is 0 Å². The van der Waals surface area contributed by atoms with Crippen molar-refractivity contribution in [3.05, 3.63) is 33.7 Å². The largest absolute Gasteiger partial charge is 0.501 e. The molecule has 2 atom stereocenters. The number of rotatable bonds is 3. The van der Waals surface area contributed by atoms with Crippen LogP contribution in [0.1, 0.15) is 42.0 Å². The number of hydrogen-bond donors (Lipinski definition) is 1. The van der Waals surface area contributed by atoms with Crippen LogP contribution >= 0.6 is 11.3 Å². The fraction of sp³-hybridized carbons (Fsp3) is 0.600. The molecule has 0 saturated heterocycles. The number of thiophene rings is 1. The molecule has 1 aromatic heterocycles. The highest BCUT2D eigenvalue weighted by Gasteiger charge is 2.30. The number of hydrogen-bond acceptors (Lipinski definition) is 3. The van der Waals surface area contributed by atoms with Gasteiger partial charge in [-0.1, -0.05) is 0 Å². The van der Waals surface area contributed by atoms with Crippen LogP contribution in [0.25, 0.3) is 0 Å². The van der Waals surface area contributed by atoms with E-state index < -0.39 is 0 Å². The van der Waals surface area contributed by atoms with E-state index in [0.717, 1.165) is 13.0 Å². The van der Waals surface area contributed by atoms with Crippen molar-refractivity contribution in [1.29, 1.82) is 0 Å². The predicted molar refractivity (Wildman–Crippen MR) is 76.1 cm³/mol. The van der Waals surface area contributed by atoms with E-state index in [1.807, 2.05) is 17.6 Å². The van der Waals surface area contributed by atoms with E-state index in [1.54, 1.807) is 10.4 Å². The van der Waals surface area contributed by atoms with Crippen molar-refractivity contribution in [2.45, 2.75) is 44.1 Å². The van der Waals surface area contributed by atoms with Crippen LogP contribution in [-0.4, -0.2) is 19.7 Å². The lowest BCUT2D eigenvalue weighted by atomic mass is 9.79. The third-order valence-electron chi connectivity index (χ3n) is 4.17. The lowest BCUT2D eigenvalue weighted by molar-refractivity contribution is 0.217. The summed E-state index contributed by atoms with van der Waals surface area (Å²) in [5.74, 6) is 0.637. The van der Waals surface area contributed by atoms with E-state index in [1.165, 1.54) is 31.3 Å². The second kappa shape index (κ2) is 5.45. The van der Waals surface area contributed by atoms with E-state index in [-0.39, 0.29) is 0 Å². The van der Waals surface area contributed by atoms with Crippen molar-refractivity contribution in [1.82, 2.24) is 5.32 Å². The highest BCUT2D eigenvalue weighted by molar-refractivity contribution is 7.10. The van der Waals surface area contributed by atoms with E-state index in [0.29, 0.717) is 12.0 Å². The van der Waals surface area contributed by atoms with Crippen LogP contribution in [0.5, 0.6) is 0 Å². The number of ether oxygens (including phenoxy) is 1. The molecule has 0 bridgehead atoms. The molecule has 2 nitrogen and oxygen atoms in total. The summed E-state index contributed by atoms with van der Waals surface area (Å²) in [5.41, 5.74) is 3.03. The first-order valence-corrected chi connectivity index (χ1v) is 7.82. The Kier molecular flexibility index (Phi) is 3.71. The number of fused-ring (bicyclic) bond motifs is 1. The van der Waals surface area contributed by atoms with Gasteiger partial charge in [-0.05, 0) is 61.7 Å². The second-order valence-electron chi connectivity index (χ2n) is 5.23. The minimum Gasteiger partial charge on any atom is -0.501 e. The van der Waals surface area contributed by atoms with Gasteiger partial charge in [0.05, 0.1) is 12.9 Å².